The number of anilines is 1. The molecule has 0 aliphatic carbocycles. The number of H-pyrrole nitrogens is 1. The van der Waals surface area contributed by atoms with Crippen molar-refractivity contribution in [1.29, 1.82) is 0 Å². The standard InChI is InChI=1S/C19H18N5O2/c25-24(26)19-21-11-13-23(19)12-5-10-20-18-14-6-1-3-8-16(14)22-17-9-4-2-7-15(17)18/h1-4,6-9,11,13,21H,5,10,12H2,(H-,20,22,25,26)/q-1. The number of para-hydroxylation sites is 2. The maximum absolute atomic E-state index is 11.0. The highest BCUT2D eigenvalue weighted by Gasteiger charge is 2.08. The lowest BCUT2D eigenvalue weighted by Gasteiger charge is -2.14. The average molecular weight is 348 g/mol. The van der Waals surface area contributed by atoms with Crippen molar-refractivity contribution < 1.29 is 0 Å². The van der Waals surface area contributed by atoms with Crippen LogP contribution in [0.5, 0.6) is 0 Å². The Kier molecular flexibility index (Phi) is 4.18. The van der Waals surface area contributed by atoms with Gasteiger partial charge in [0.25, 0.3) is 0 Å². The molecule has 2 aromatic heterocycles. The summed E-state index contributed by atoms with van der Waals surface area (Å²) in [5.74, 6) is 0. The number of aryl methyl sites for hydroxylation is 1. The van der Waals surface area contributed by atoms with Gasteiger partial charge < -0.3 is 15.7 Å². The van der Waals surface area contributed by atoms with Gasteiger partial charge in [-0.15, -0.1) is 0 Å². The first-order valence-electron chi connectivity index (χ1n) is 8.46. The molecule has 2 N–H and O–H groups in total. The maximum Gasteiger partial charge on any atom is 0.358 e. The molecule has 0 bridgehead atoms. The number of benzene rings is 2. The maximum atomic E-state index is 11.0. The Morgan fingerprint density at radius 2 is 1.65 bits per heavy atom. The average Bonchev–Trinajstić information content (AvgIpc) is 3.13. The molecule has 2 aromatic carbocycles. The summed E-state index contributed by atoms with van der Waals surface area (Å²) in [6, 6.07) is 16.1. The van der Waals surface area contributed by atoms with E-state index in [-0.39, 0.29) is 5.62 Å². The SMILES string of the molecule is [O-][N+]([O-])=c1[nH]ccn1CCCNc1c2ccccc2nc2ccccc12. The normalized spacial score (nSPS) is 11.1. The lowest BCUT2D eigenvalue weighted by atomic mass is 10.1. The van der Waals surface area contributed by atoms with Crippen molar-refractivity contribution in [2.75, 3.05) is 11.9 Å². The molecule has 0 fully saturated rings. The molecule has 0 saturated heterocycles. The summed E-state index contributed by atoms with van der Waals surface area (Å²) in [6.45, 7) is 1.26. The van der Waals surface area contributed by atoms with E-state index in [9.17, 15) is 10.4 Å². The van der Waals surface area contributed by atoms with Gasteiger partial charge in [-0.25, -0.2) is 14.5 Å². The third kappa shape index (κ3) is 2.95. The summed E-state index contributed by atoms with van der Waals surface area (Å²) in [6.07, 6.45) is 4.03. The first-order chi connectivity index (χ1) is 12.7. The number of pyridine rings is 1. The number of nitrogens with zero attached hydrogens (tertiary/aromatic N) is 3. The smallest absolute Gasteiger partial charge is 0.358 e. The second-order valence-electron chi connectivity index (χ2n) is 6.04. The molecule has 0 aliphatic heterocycles. The highest BCUT2D eigenvalue weighted by molar-refractivity contribution is 6.07. The Labute approximate surface area is 149 Å². The van der Waals surface area contributed by atoms with Crippen molar-refractivity contribution >= 4 is 27.5 Å². The quantitative estimate of drug-likeness (QED) is 0.329. The molecule has 0 amide bonds. The van der Waals surface area contributed by atoms with Crippen LogP contribution in [0.4, 0.5) is 5.69 Å². The van der Waals surface area contributed by atoms with E-state index >= 15 is 0 Å². The number of nitrogens with one attached hydrogen (secondary N) is 2. The molecule has 0 radical (unpaired) electrons. The molecule has 26 heavy (non-hydrogen) atoms. The first-order valence-corrected chi connectivity index (χ1v) is 8.46. The monoisotopic (exact) mass is 348 g/mol. The highest BCUT2D eigenvalue weighted by Crippen LogP contribution is 2.30. The third-order valence-electron chi connectivity index (χ3n) is 4.38. The Morgan fingerprint density at radius 3 is 2.31 bits per heavy atom. The molecule has 0 aliphatic rings. The van der Waals surface area contributed by atoms with Gasteiger partial charge in [0.15, 0.2) is 0 Å². The first kappa shape index (κ1) is 16.0. The van der Waals surface area contributed by atoms with Crippen molar-refractivity contribution in [3.8, 4) is 0 Å². The molecule has 7 nitrogen and oxygen atoms in total. The van der Waals surface area contributed by atoms with E-state index in [0.29, 0.717) is 13.1 Å². The van der Waals surface area contributed by atoms with Crippen LogP contribution >= 0.6 is 0 Å². The van der Waals surface area contributed by atoms with Crippen LogP contribution in [-0.2, 0) is 6.54 Å². The molecular formula is C19H18N5O2-. The van der Waals surface area contributed by atoms with E-state index in [2.05, 4.69) is 22.4 Å². The van der Waals surface area contributed by atoms with Crippen molar-refractivity contribution in [3.05, 3.63) is 77.0 Å². The summed E-state index contributed by atoms with van der Waals surface area (Å²) >= 11 is 0. The van der Waals surface area contributed by atoms with E-state index in [1.807, 2.05) is 36.4 Å². The number of hydrogen-bond donors (Lipinski definition) is 2. The molecule has 0 spiro atoms. The van der Waals surface area contributed by atoms with E-state index in [0.717, 1.165) is 33.9 Å². The molecule has 0 atom stereocenters. The van der Waals surface area contributed by atoms with E-state index in [4.69, 9.17) is 4.98 Å². The van der Waals surface area contributed by atoms with Gasteiger partial charge in [-0.1, -0.05) is 36.4 Å². The molecule has 4 rings (SSSR count). The number of aromatic amines is 1. The van der Waals surface area contributed by atoms with Gasteiger partial charge in [0.1, 0.15) is 0 Å². The van der Waals surface area contributed by atoms with Gasteiger partial charge in [0.05, 0.1) is 35.7 Å². The summed E-state index contributed by atoms with van der Waals surface area (Å²) in [7, 11) is 0. The fraction of sp³-hybridized carbons (Fsp3) is 0.158. The second kappa shape index (κ2) is 6.79. The topological polar surface area (TPSA) is 94.8 Å². The number of aromatic nitrogens is 3. The minimum Gasteiger partial charge on any atom is -0.744 e. The predicted molar refractivity (Wildman–Crippen MR) is 103 cm³/mol. The van der Waals surface area contributed by atoms with E-state index in [1.54, 1.807) is 17.0 Å². The number of fused-ring (bicyclic) bond motifs is 2. The van der Waals surface area contributed by atoms with Crippen molar-refractivity contribution in [2.45, 2.75) is 13.0 Å². The van der Waals surface area contributed by atoms with Gasteiger partial charge in [-0.2, -0.15) is 0 Å². The largest absolute Gasteiger partial charge is 0.744 e. The molecule has 2 heterocycles. The molecular weight excluding hydrogens is 330 g/mol. The molecule has 4 aromatic rings. The molecule has 7 heteroatoms. The Morgan fingerprint density at radius 1 is 1.00 bits per heavy atom. The minimum atomic E-state index is -0.405. The number of rotatable bonds is 5. The molecule has 0 unspecified atom stereocenters. The number of imidazole rings is 1. The van der Waals surface area contributed by atoms with Crippen LogP contribution in [0, 0.1) is 10.4 Å². The summed E-state index contributed by atoms with van der Waals surface area (Å²) in [4.78, 5) is 6.96. The predicted octanol–water partition coefficient (Wildman–Crippen LogP) is 2.79. The summed E-state index contributed by atoms with van der Waals surface area (Å²) < 4.78 is 1.62. The van der Waals surface area contributed by atoms with Crippen LogP contribution in [-0.4, -0.2) is 21.1 Å². The highest BCUT2D eigenvalue weighted by atomic mass is 16.8. The van der Waals surface area contributed by atoms with Gasteiger partial charge in [-0.3, -0.25) is 4.90 Å². The van der Waals surface area contributed by atoms with Crippen LogP contribution in [0.25, 0.3) is 21.8 Å². The number of hydrogen-bond acceptors (Lipinski definition) is 4. The van der Waals surface area contributed by atoms with Gasteiger partial charge in [0.2, 0.25) is 0 Å². The van der Waals surface area contributed by atoms with E-state index < -0.39 is 4.90 Å². The third-order valence-corrected chi connectivity index (χ3v) is 4.38. The Hall–Kier alpha value is -3.48. The zero-order valence-electron chi connectivity index (χ0n) is 14.1. The zero-order valence-corrected chi connectivity index (χ0v) is 14.1. The van der Waals surface area contributed by atoms with Gasteiger partial charge in [0, 0.05) is 17.3 Å². The zero-order chi connectivity index (χ0) is 17.9. The fourth-order valence-corrected chi connectivity index (χ4v) is 3.19. The fourth-order valence-electron chi connectivity index (χ4n) is 3.19. The molecule has 132 valence electrons. The van der Waals surface area contributed by atoms with Crippen molar-refractivity contribution in [2.24, 2.45) is 0 Å². The van der Waals surface area contributed by atoms with Crippen molar-refractivity contribution in [3.63, 3.8) is 0 Å². The van der Waals surface area contributed by atoms with Crippen LogP contribution in [0.3, 0.4) is 0 Å². The lowest BCUT2D eigenvalue weighted by Crippen LogP contribution is -2.30. The summed E-state index contributed by atoms with van der Waals surface area (Å²) in [5, 5.41) is 27.6. The lowest BCUT2D eigenvalue weighted by molar-refractivity contribution is 0.608. The van der Waals surface area contributed by atoms with Crippen LogP contribution in [0.2, 0.25) is 0 Å². The van der Waals surface area contributed by atoms with Crippen LogP contribution in [0.1, 0.15) is 6.42 Å². The van der Waals surface area contributed by atoms with Crippen molar-refractivity contribution in [1.82, 2.24) is 19.4 Å². The summed E-state index contributed by atoms with van der Waals surface area (Å²) in [5.41, 5.74) is 2.96. The van der Waals surface area contributed by atoms with E-state index in [1.165, 1.54) is 0 Å². The Balaban J connectivity index is 1.58. The van der Waals surface area contributed by atoms with Gasteiger partial charge >= 0.3 is 5.62 Å². The van der Waals surface area contributed by atoms with Crippen LogP contribution < -0.4 is 15.8 Å². The minimum absolute atomic E-state index is 0.00445. The van der Waals surface area contributed by atoms with Gasteiger partial charge in [-0.05, 0) is 18.6 Å². The van der Waals surface area contributed by atoms with Crippen LogP contribution in [0.15, 0.2) is 60.9 Å². The second-order valence-corrected chi connectivity index (χ2v) is 6.04. The Bertz CT molecular complexity index is 1070. The molecule has 0 saturated carbocycles.